The molecule has 0 aromatic carbocycles. The van der Waals surface area contributed by atoms with Gasteiger partial charge in [-0.05, 0) is 44.9 Å². The van der Waals surface area contributed by atoms with Gasteiger partial charge in [-0.25, -0.2) is 0 Å². The Kier molecular flexibility index (Phi) is 6.38. The van der Waals surface area contributed by atoms with Crippen LogP contribution >= 0.6 is 0 Å². The number of nitrogens with zero attached hydrogens (tertiary/aromatic N) is 1. The molecule has 0 unspecified atom stereocenters. The largest absolute Gasteiger partial charge is 0.316 e. The molecule has 0 aliphatic carbocycles. The van der Waals surface area contributed by atoms with Crippen molar-refractivity contribution in [2.45, 2.75) is 34.1 Å². The standard InChI is InChI=1S/C12H28N2/c1-11(2)12(3,4)10-13-8-7-9-14(5)6/h11,13H,7-10H2,1-6H3. The van der Waals surface area contributed by atoms with E-state index in [-0.39, 0.29) is 0 Å². The summed E-state index contributed by atoms with van der Waals surface area (Å²) in [5.41, 5.74) is 0.415. The van der Waals surface area contributed by atoms with E-state index < -0.39 is 0 Å². The topological polar surface area (TPSA) is 15.3 Å². The normalized spacial score (nSPS) is 12.9. The minimum Gasteiger partial charge on any atom is -0.316 e. The van der Waals surface area contributed by atoms with E-state index in [1.165, 1.54) is 13.0 Å². The first-order valence-corrected chi connectivity index (χ1v) is 5.71. The molecule has 0 aromatic heterocycles. The minimum atomic E-state index is 0.415. The average molecular weight is 200 g/mol. The molecule has 0 radical (unpaired) electrons. The summed E-state index contributed by atoms with van der Waals surface area (Å²) >= 11 is 0. The Bertz CT molecular complexity index is 139. The molecule has 0 heterocycles. The SMILES string of the molecule is CC(C)C(C)(C)CNCCCN(C)C. The minimum absolute atomic E-state index is 0.415. The Labute approximate surface area is 90.1 Å². The van der Waals surface area contributed by atoms with Crippen LogP contribution in [-0.4, -0.2) is 38.6 Å². The summed E-state index contributed by atoms with van der Waals surface area (Å²) in [5, 5.41) is 3.54. The van der Waals surface area contributed by atoms with Gasteiger partial charge in [0.15, 0.2) is 0 Å². The van der Waals surface area contributed by atoms with E-state index in [9.17, 15) is 0 Å². The maximum Gasteiger partial charge on any atom is 0.000497 e. The zero-order valence-electron chi connectivity index (χ0n) is 10.9. The average Bonchev–Trinajstić information content (AvgIpc) is 2.02. The van der Waals surface area contributed by atoms with Crippen molar-refractivity contribution in [1.82, 2.24) is 10.2 Å². The van der Waals surface area contributed by atoms with Gasteiger partial charge in [0, 0.05) is 6.54 Å². The molecule has 0 spiro atoms. The fourth-order valence-corrected chi connectivity index (χ4v) is 1.13. The second-order valence-corrected chi connectivity index (χ2v) is 5.48. The van der Waals surface area contributed by atoms with E-state index in [1.54, 1.807) is 0 Å². The predicted octanol–water partition coefficient (Wildman–Crippen LogP) is 2.21. The van der Waals surface area contributed by atoms with Crippen molar-refractivity contribution in [2.24, 2.45) is 11.3 Å². The van der Waals surface area contributed by atoms with Gasteiger partial charge in [-0.2, -0.15) is 0 Å². The highest BCUT2D eigenvalue weighted by atomic mass is 15.1. The lowest BCUT2D eigenvalue weighted by Crippen LogP contribution is -2.34. The molecule has 0 rings (SSSR count). The first kappa shape index (κ1) is 13.9. The lowest BCUT2D eigenvalue weighted by molar-refractivity contribution is 0.237. The number of hydrogen-bond acceptors (Lipinski definition) is 2. The monoisotopic (exact) mass is 200 g/mol. The van der Waals surface area contributed by atoms with Crippen LogP contribution in [0.15, 0.2) is 0 Å². The van der Waals surface area contributed by atoms with Crippen molar-refractivity contribution < 1.29 is 0 Å². The van der Waals surface area contributed by atoms with Gasteiger partial charge in [0.05, 0.1) is 0 Å². The third-order valence-corrected chi connectivity index (χ3v) is 3.10. The highest BCUT2D eigenvalue weighted by molar-refractivity contribution is 4.74. The first-order chi connectivity index (χ1) is 6.36. The van der Waals surface area contributed by atoms with Crippen molar-refractivity contribution >= 4 is 0 Å². The molecular weight excluding hydrogens is 172 g/mol. The lowest BCUT2D eigenvalue weighted by atomic mass is 9.81. The van der Waals surface area contributed by atoms with Crippen molar-refractivity contribution in [1.29, 1.82) is 0 Å². The van der Waals surface area contributed by atoms with E-state index in [0.717, 1.165) is 19.0 Å². The molecule has 0 aliphatic heterocycles. The maximum atomic E-state index is 3.54. The van der Waals surface area contributed by atoms with E-state index in [1.807, 2.05) is 0 Å². The lowest BCUT2D eigenvalue weighted by Gasteiger charge is -2.29. The maximum absolute atomic E-state index is 3.54. The van der Waals surface area contributed by atoms with Crippen LogP contribution in [0.1, 0.15) is 34.1 Å². The summed E-state index contributed by atoms with van der Waals surface area (Å²) in [4.78, 5) is 2.23. The fourth-order valence-electron chi connectivity index (χ4n) is 1.13. The molecule has 0 fully saturated rings. The summed E-state index contributed by atoms with van der Waals surface area (Å²) in [6, 6.07) is 0. The second-order valence-electron chi connectivity index (χ2n) is 5.48. The third kappa shape index (κ3) is 6.39. The molecule has 14 heavy (non-hydrogen) atoms. The molecule has 1 N–H and O–H groups in total. The Hall–Kier alpha value is -0.0800. The molecule has 0 atom stereocenters. The molecule has 0 saturated heterocycles. The zero-order chi connectivity index (χ0) is 11.2. The van der Waals surface area contributed by atoms with Crippen molar-refractivity contribution in [3.8, 4) is 0 Å². The van der Waals surface area contributed by atoms with E-state index in [0.29, 0.717) is 5.41 Å². The van der Waals surface area contributed by atoms with Crippen LogP contribution < -0.4 is 5.32 Å². The van der Waals surface area contributed by atoms with Crippen molar-refractivity contribution in [3.05, 3.63) is 0 Å². The van der Waals surface area contributed by atoms with E-state index in [2.05, 4.69) is 52.0 Å². The summed E-state index contributed by atoms with van der Waals surface area (Å²) in [7, 11) is 4.25. The molecule has 0 bridgehead atoms. The number of rotatable bonds is 7. The van der Waals surface area contributed by atoms with E-state index in [4.69, 9.17) is 0 Å². The molecule has 2 heteroatoms. The highest BCUT2D eigenvalue weighted by Crippen LogP contribution is 2.24. The van der Waals surface area contributed by atoms with Gasteiger partial charge >= 0.3 is 0 Å². The van der Waals surface area contributed by atoms with Gasteiger partial charge in [0.2, 0.25) is 0 Å². The summed E-state index contributed by atoms with van der Waals surface area (Å²) in [6.45, 7) is 12.7. The molecule has 0 aromatic rings. The van der Waals surface area contributed by atoms with E-state index >= 15 is 0 Å². The van der Waals surface area contributed by atoms with Crippen LogP contribution in [0, 0.1) is 11.3 Å². The van der Waals surface area contributed by atoms with Gasteiger partial charge in [-0.1, -0.05) is 27.7 Å². The van der Waals surface area contributed by atoms with Crippen LogP contribution in [0.2, 0.25) is 0 Å². The molecule has 0 aliphatic rings. The fraction of sp³-hybridized carbons (Fsp3) is 1.00. The Morgan fingerprint density at radius 3 is 2.21 bits per heavy atom. The Morgan fingerprint density at radius 2 is 1.79 bits per heavy atom. The predicted molar refractivity (Wildman–Crippen MR) is 64.7 cm³/mol. The van der Waals surface area contributed by atoms with Gasteiger partial charge in [-0.15, -0.1) is 0 Å². The summed E-state index contributed by atoms with van der Waals surface area (Å²) in [5.74, 6) is 0.740. The van der Waals surface area contributed by atoms with Crippen molar-refractivity contribution in [2.75, 3.05) is 33.7 Å². The van der Waals surface area contributed by atoms with Gasteiger partial charge < -0.3 is 10.2 Å². The molecule has 2 nitrogen and oxygen atoms in total. The van der Waals surface area contributed by atoms with Gasteiger partial charge in [-0.3, -0.25) is 0 Å². The van der Waals surface area contributed by atoms with Crippen molar-refractivity contribution in [3.63, 3.8) is 0 Å². The first-order valence-electron chi connectivity index (χ1n) is 5.71. The molecule has 0 saturated carbocycles. The molecule has 86 valence electrons. The highest BCUT2D eigenvalue weighted by Gasteiger charge is 2.21. The van der Waals surface area contributed by atoms with Crippen LogP contribution in [0.4, 0.5) is 0 Å². The molecule has 0 amide bonds. The molecular formula is C12H28N2. The van der Waals surface area contributed by atoms with Crippen LogP contribution in [0.5, 0.6) is 0 Å². The van der Waals surface area contributed by atoms with Gasteiger partial charge in [0.25, 0.3) is 0 Å². The van der Waals surface area contributed by atoms with Crippen LogP contribution in [-0.2, 0) is 0 Å². The smallest absolute Gasteiger partial charge is 0.000497 e. The number of hydrogen-bond donors (Lipinski definition) is 1. The zero-order valence-corrected chi connectivity index (χ0v) is 10.9. The quantitative estimate of drug-likeness (QED) is 0.634. The van der Waals surface area contributed by atoms with Crippen LogP contribution in [0.3, 0.4) is 0 Å². The second kappa shape index (κ2) is 6.41. The Balaban J connectivity index is 3.45. The Morgan fingerprint density at radius 1 is 1.21 bits per heavy atom. The van der Waals surface area contributed by atoms with Gasteiger partial charge in [0.1, 0.15) is 0 Å². The third-order valence-electron chi connectivity index (χ3n) is 3.10. The summed E-state index contributed by atoms with van der Waals surface area (Å²) in [6.07, 6.45) is 1.24. The number of nitrogens with one attached hydrogen (secondary N) is 1. The summed E-state index contributed by atoms with van der Waals surface area (Å²) < 4.78 is 0. The van der Waals surface area contributed by atoms with Crippen LogP contribution in [0.25, 0.3) is 0 Å².